The first kappa shape index (κ1) is 16.9. The highest BCUT2D eigenvalue weighted by atomic mass is 16.8. The third kappa shape index (κ3) is 3.75. The zero-order chi connectivity index (χ0) is 17.1. The molecule has 3 unspecified atom stereocenters. The van der Waals surface area contributed by atoms with Crippen molar-refractivity contribution in [1.82, 2.24) is 0 Å². The normalized spacial score (nSPS) is 31.5. The molecular weight excluding hydrogens is 316 g/mol. The van der Waals surface area contributed by atoms with Crippen LogP contribution in [0.2, 0.25) is 0 Å². The fraction of sp³-hybridized carbons (Fsp3) is 0.529. The molecule has 5 atom stereocenters. The predicted octanol–water partition coefficient (Wildman–Crippen LogP) is 1.19. The summed E-state index contributed by atoms with van der Waals surface area (Å²) in [5.74, 6) is -0.934. The number of hydrogen-bond donors (Lipinski definition) is 0. The maximum atomic E-state index is 11.5. The van der Waals surface area contributed by atoms with Crippen molar-refractivity contribution in [2.45, 2.75) is 51.2 Å². The van der Waals surface area contributed by atoms with E-state index in [2.05, 4.69) is 0 Å². The molecule has 7 nitrogen and oxygen atoms in total. The molecule has 0 aliphatic carbocycles. The summed E-state index contributed by atoms with van der Waals surface area (Å²) in [5, 5.41) is 0. The van der Waals surface area contributed by atoms with Gasteiger partial charge in [0.1, 0.15) is 12.2 Å². The largest absolute Gasteiger partial charge is 0.457 e. The quantitative estimate of drug-likeness (QED) is 0.747. The first-order valence-corrected chi connectivity index (χ1v) is 7.81. The Bertz CT molecular complexity index is 558. The molecule has 0 saturated carbocycles. The molecule has 0 aromatic heterocycles. The third-order valence-corrected chi connectivity index (χ3v) is 3.91. The molecule has 0 spiro atoms. The van der Waals surface area contributed by atoms with Gasteiger partial charge < -0.3 is 23.7 Å². The number of benzene rings is 1. The average molecular weight is 336 g/mol. The monoisotopic (exact) mass is 336 g/mol. The SMILES string of the molecule is CC(=O)OC1C2CO[C@H](O2)C(OC(C)=O)[C@H]1OCc1ccccc1. The van der Waals surface area contributed by atoms with Gasteiger partial charge in [0.05, 0.1) is 13.2 Å². The van der Waals surface area contributed by atoms with Crippen LogP contribution in [0.1, 0.15) is 19.4 Å². The molecule has 2 aliphatic rings. The summed E-state index contributed by atoms with van der Waals surface area (Å²) in [5.41, 5.74) is 0.959. The van der Waals surface area contributed by atoms with Crippen molar-refractivity contribution in [3.05, 3.63) is 35.9 Å². The second-order valence-corrected chi connectivity index (χ2v) is 5.79. The average Bonchev–Trinajstić information content (AvgIpc) is 2.98. The van der Waals surface area contributed by atoms with Crippen LogP contribution in [0.25, 0.3) is 0 Å². The lowest BCUT2D eigenvalue weighted by Crippen LogP contribution is -2.57. The topological polar surface area (TPSA) is 80.3 Å². The maximum Gasteiger partial charge on any atom is 0.303 e. The number of ether oxygens (including phenoxy) is 5. The Kier molecular flexibility index (Phi) is 5.13. The summed E-state index contributed by atoms with van der Waals surface area (Å²) in [6, 6.07) is 9.57. The fourth-order valence-corrected chi connectivity index (χ4v) is 2.94. The van der Waals surface area contributed by atoms with E-state index >= 15 is 0 Å². The minimum atomic E-state index is -0.797. The van der Waals surface area contributed by atoms with Gasteiger partial charge in [0.15, 0.2) is 18.5 Å². The standard InChI is InChI=1S/C17H20O7/c1-10(18)22-14-13-9-21-17(24-13)16(23-11(2)19)15(14)20-8-12-6-4-3-5-7-12/h3-7,13-17H,8-9H2,1-2H3/t13?,14?,15-,16?,17+/m0/s1. The van der Waals surface area contributed by atoms with Crippen LogP contribution in [0, 0.1) is 0 Å². The van der Waals surface area contributed by atoms with E-state index in [9.17, 15) is 9.59 Å². The van der Waals surface area contributed by atoms with E-state index in [1.54, 1.807) is 0 Å². The molecule has 0 radical (unpaired) electrons. The Balaban J connectivity index is 1.79. The zero-order valence-electron chi connectivity index (χ0n) is 13.5. The van der Waals surface area contributed by atoms with Gasteiger partial charge in [-0.1, -0.05) is 30.3 Å². The van der Waals surface area contributed by atoms with Crippen LogP contribution < -0.4 is 0 Å². The Labute approximate surface area is 139 Å². The van der Waals surface area contributed by atoms with Crippen LogP contribution in [-0.2, 0) is 39.9 Å². The van der Waals surface area contributed by atoms with Crippen LogP contribution in [0.4, 0.5) is 0 Å². The van der Waals surface area contributed by atoms with Gasteiger partial charge in [-0.2, -0.15) is 0 Å². The highest BCUT2D eigenvalue weighted by Gasteiger charge is 2.54. The smallest absolute Gasteiger partial charge is 0.303 e. The molecule has 7 heteroatoms. The summed E-state index contributed by atoms with van der Waals surface area (Å²) >= 11 is 0. The van der Waals surface area contributed by atoms with Crippen molar-refractivity contribution in [2.75, 3.05) is 6.61 Å². The van der Waals surface area contributed by atoms with Crippen molar-refractivity contribution in [3.8, 4) is 0 Å². The minimum absolute atomic E-state index is 0.256. The van der Waals surface area contributed by atoms with Crippen molar-refractivity contribution >= 4 is 11.9 Å². The van der Waals surface area contributed by atoms with Gasteiger partial charge >= 0.3 is 11.9 Å². The second kappa shape index (κ2) is 7.29. The van der Waals surface area contributed by atoms with Crippen molar-refractivity contribution in [1.29, 1.82) is 0 Å². The van der Waals surface area contributed by atoms with Crippen LogP contribution in [0.3, 0.4) is 0 Å². The number of hydrogen-bond acceptors (Lipinski definition) is 7. The van der Waals surface area contributed by atoms with E-state index in [4.69, 9.17) is 23.7 Å². The molecule has 2 heterocycles. The Morgan fingerprint density at radius 1 is 1.04 bits per heavy atom. The van der Waals surface area contributed by atoms with Gasteiger partial charge in [-0.25, -0.2) is 0 Å². The minimum Gasteiger partial charge on any atom is -0.457 e. The third-order valence-electron chi connectivity index (χ3n) is 3.91. The highest BCUT2D eigenvalue weighted by molar-refractivity contribution is 5.67. The number of carbonyl (C=O) groups is 2. The maximum absolute atomic E-state index is 11.5. The van der Waals surface area contributed by atoms with E-state index in [0.29, 0.717) is 6.61 Å². The number of fused-ring (bicyclic) bond motifs is 2. The highest BCUT2D eigenvalue weighted by Crippen LogP contribution is 2.34. The summed E-state index contributed by atoms with van der Waals surface area (Å²) in [7, 11) is 0. The van der Waals surface area contributed by atoms with E-state index in [0.717, 1.165) is 5.56 Å². The van der Waals surface area contributed by atoms with Crippen molar-refractivity contribution < 1.29 is 33.3 Å². The van der Waals surface area contributed by atoms with Crippen molar-refractivity contribution in [3.63, 3.8) is 0 Å². The molecule has 2 aliphatic heterocycles. The zero-order valence-corrected chi connectivity index (χ0v) is 13.5. The van der Waals surface area contributed by atoms with Gasteiger partial charge in [-0.3, -0.25) is 9.59 Å². The molecule has 1 aromatic rings. The molecule has 1 aromatic carbocycles. The summed E-state index contributed by atoms with van der Waals surface area (Å²) < 4.78 is 27.8. The van der Waals surface area contributed by atoms with Crippen LogP contribution in [0.5, 0.6) is 0 Å². The Hall–Kier alpha value is -1.96. The molecule has 0 amide bonds. The molecule has 3 rings (SSSR count). The van der Waals surface area contributed by atoms with Gasteiger partial charge in [-0.05, 0) is 5.56 Å². The van der Waals surface area contributed by atoms with Gasteiger partial charge in [-0.15, -0.1) is 0 Å². The van der Waals surface area contributed by atoms with Crippen LogP contribution >= 0.6 is 0 Å². The van der Waals surface area contributed by atoms with E-state index in [1.165, 1.54) is 13.8 Å². The van der Waals surface area contributed by atoms with Crippen LogP contribution in [0.15, 0.2) is 30.3 Å². The summed E-state index contributed by atoms with van der Waals surface area (Å²) in [4.78, 5) is 22.9. The molecule has 130 valence electrons. The van der Waals surface area contributed by atoms with Gasteiger partial charge in [0, 0.05) is 13.8 Å². The lowest BCUT2D eigenvalue weighted by molar-refractivity contribution is -0.255. The molecule has 2 saturated heterocycles. The Morgan fingerprint density at radius 2 is 1.71 bits per heavy atom. The predicted molar refractivity (Wildman–Crippen MR) is 80.7 cm³/mol. The van der Waals surface area contributed by atoms with Crippen molar-refractivity contribution in [2.24, 2.45) is 0 Å². The first-order chi connectivity index (χ1) is 11.5. The molecule has 0 N–H and O–H groups in total. The number of rotatable bonds is 5. The first-order valence-electron chi connectivity index (χ1n) is 7.81. The lowest BCUT2D eigenvalue weighted by Gasteiger charge is -2.39. The van der Waals surface area contributed by atoms with Gasteiger partial charge in [0.25, 0.3) is 0 Å². The molecule has 2 bridgehead atoms. The molecular formula is C17H20O7. The van der Waals surface area contributed by atoms with E-state index in [1.807, 2.05) is 30.3 Å². The second-order valence-electron chi connectivity index (χ2n) is 5.79. The summed E-state index contributed by atoms with van der Waals surface area (Å²) in [6.45, 7) is 3.17. The van der Waals surface area contributed by atoms with E-state index < -0.39 is 42.6 Å². The number of carbonyl (C=O) groups excluding carboxylic acids is 2. The molecule has 24 heavy (non-hydrogen) atoms. The fourth-order valence-electron chi connectivity index (χ4n) is 2.94. The Morgan fingerprint density at radius 3 is 2.38 bits per heavy atom. The van der Waals surface area contributed by atoms with Gasteiger partial charge in [0.2, 0.25) is 0 Å². The summed E-state index contributed by atoms with van der Waals surface area (Å²) in [6.07, 6.45) is -3.31. The van der Waals surface area contributed by atoms with Crippen LogP contribution in [-0.4, -0.2) is 49.3 Å². The molecule has 2 fully saturated rings. The number of esters is 2. The lowest BCUT2D eigenvalue weighted by atomic mass is 10.00. The van der Waals surface area contributed by atoms with E-state index in [-0.39, 0.29) is 6.61 Å².